The number of piperidine rings is 1. The summed E-state index contributed by atoms with van der Waals surface area (Å²) in [6.45, 7) is 1.71. The van der Waals surface area contributed by atoms with Crippen molar-refractivity contribution in [3.05, 3.63) is 23.8 Å². The summed E-state index contributed by atoms with van der Waals surface area (Å²) in [5.41, 5.74) is 1.09. The van der Waals surface area contributed by atoms with Gasteiger partial charge in [-0.25, -0.2) is 13.6 Å². The van der Waals surface area contributed by atoms with Gasteiger partial charge < -0.3 is 14.8 Å². The lowest BCUT2D eigenvalue weighted by atomic mass is 9.97. The lowest BCUT2D eigenvalue weighted by molar-refractivity contribution is 0.296. The lowest BCUT2D eigenvalue weighted by Gasteiger charge is -2.29. The van der Waals surface area contributed by atoms with Crippen LogP contribution in [0.2, 0.25) is 0 Å². The van der Waals surface area contributed by atoms with Crippen LogP contribution in [0.3, 0.4) is 0 Å². The highest BCUT2D eigenvalue weighted by Gasteiger charge is 2.29. The molecule has 0 amide bonds. The molecular weight excluding hydrogens is 292 g/mol. The minimum absolute atomic E-state index is 0.125. The first-order chi connectivity index (χ1) is 10.0. The Hall–Kier alpha value is -1.31. The van der Waals surface area contributed by atoms with Crippen LogP contribution in [0, 0.1) is 0 Å². The molecule has 1 saturated heterocycles. The van der Waals surface area contributed by atoms with Gasteiger partial charge in [0.25, 0.3) is 0 Å². The zero-order valence-corrected chi connectivity index (χ0v) is 12.6. The zero-order valence-electron chi connectivity index (χ0n) is 11.7. The van der Waals surface area contributed by atoms with Gasteiger partial charge in [0, 0.05) is 19.0 Å². The summed E-state index contributed by atoms with van der Waals surface area (Å²) < 4.78 is 34.0. The van der Waals surface area contributed by atoms with E-state index in [-0.39, 0.29) is 6.04 Å². The van der Waals surface area contributed by atoms with Crippen LogP contribution in [0.5, 0.6) is 11.5 Å². The van der Waals surface area contributed by atoms with Crippen LogP contribution in [0.4, 0.5) is 0 Å². The molecule has 0 saturated carbocycles. The third kappa shape index (κ3) is 3.30. The standard InChI is InChI=1S/C14H20N2O4S/c15-21(17,18)11-3-4-12(16-9-11)10-2-5-13-14(8-10)20-7-1-6-19-13/h2,5,8,11-12,16H,1,3-4,6-7,9H2,(H2,15,17,18). The fourth-order valence-corrected chi connectivity index (χ4v) is 3.59. The molecule has 116 valence electrons. The van der Waals surface area contributed by atoms with Crippen molar-refractivity contribution in [2.45, 2.75) is 30.6 Å². The summed E-state index contributed by atoms with van der Waals surface area (Å²) in [4.78, 5) is 0. The fraction of sp³-hybridized carbons (Fsp3) is 0.571. The summed E-state index contributed by atoms with van der Waals surface area (Å²) in [5, 5.41) is 7.97. The average Bonchev–Trinajstić information content (AvgIpc) is 2.71. The highest BCUT2D eigenvalue weighted by Crippen LogP contribution is 2.34. The highest BCUT2D eigenvalue weighted by atomic mass is 32.2. The molecule has 2 unspecified atom stereocenters. The van der Waals surface area contributed by atoms with Gasteiger partial charge in [0.1, 0.15) is 0 Å². The summed E-state index contributed by atoms with van der Waals surface area (Å²) in [5.74, 6) is 1.54. The second kappa shape index (κ2) is 5.82. The number of sulfonamides is 1. The predicted molar refractivity (Wildman–Crippen MR) is 78.9 cm³/mol. The van der Waals surface area contributed by atoms with Crippen LogP contribution in [0.1, 0.15) is 30.9 Å². The molecule has 21 heavy (non-hydrogen) atoms. The Kier molecular flexibility index (Phi) is 4.05. The minimum atomic E-state index is -3.46. The van der Waals surface area contributed by atoms with Crippen LogP contribution in [0.15, 0.2) is 18.2 Å². The molecule has 3 rings (SSSR count). The van der Waals surface area contributed by atoms with Crippen LogP contribution in [0.25, 0.3) is 0 Å². The van der Waals surface area contributed by atoms with E-state index >= 15 is 0 Å². The van der Waals surface area contributed by atoms with Crippen molar-refractivity contribution in [1.29, 1.82) is 0 Å². The van der Waals surface area contributed by atoms with Gasteiger partial charge >= 0.3 is 0 Å². The zero-order chi connectivity index (χ0) is 14.9. The van der Waals surface area contributed by atoms with E-state index < -0.39 is 15.3 Å². The van der Waals surface area contributed by atoms with E-state index in [1.165, 1.54) is 0 Å². The number of primary sulfonamides is 1. The number of nitrogens with one attached hydrogen (secondary N) is 1. The Bertz CT molecular complexity index is 609. The van der Waals surface area contributed by atoms with Crippen LogP contribution < -0.4 is 19.9 Å². The number of nitrogens with two attached hydrogens (primary N) is 1. The Morgan fingerprint density at radius 3 is 2.57 bits per heavy atom. The van der Waals surface area contributed by atoms with E-state index in [2.05, 4.69) is 5.32 Å². The first-order valence-electron chi connectivity index (χ1n) is 7.18. The molecule has 1 aromatic rings. The van der Waals surface area contributed by atoms with Gasteiger partial charge in [-0.2, -0.15) is 0 Å². The molecule has 0 radical (unpaired) electrons. The summed E-state index contributed by atoms with van der Waals surface area (Å²) in [7, 11) is -3.46. The minimum Gasteiger partial charge on any atom is -0.490 e. The van der Waals surface area contributed by atoms with Crippen molar-refractivity contribution < 1.29 is 17.9 Å². The first kappa shape index (κ1) is 14.6. The van der Waals surface area contributed by atoms with Crippen LogP contribution >= 0.6 is 0 Å². The third-order valence-electron chi connectivity index (χ3n) is 4.01. The van der Waals surface area contributed by atoms with E-state index in [1.54, 1.807) is 0 Å². The number of ether oxygens (including phenoxy) is 2. The number of hydrogen-bond acceptors (Lipinski definition) is 5. The Labute approximate surface area is 124 Å². The first-order valence-corrected chi connectivity index (χ1v) is 8.79. The molecule has 2 heterocycles. The maximum absolute atomic E-state index is 11.4. The predicted octanol–water partition coefficient (Wildman–Crippen LogP) is 0.929. The van der Waals surface area contributed by atoms with Gasteiger partial charge in [-0.3, -0.25) is 0 Å². The quantitative estimate of drug-likeness (QED) is 0.848. The maximum Gasteiger partial charge on any atom is 0.213 e. The largest absolute Gasteiger partial charge is 0.490 e. The maximum atomic E-state index is 11.4. The van der Waals surface area contributed by atoms with Crippen LogP contribution in [-0.2, 0) is 10.0 Å². The Balaban J connectivity index is 1.72. The molecule has 1 fully saturated rings. The molecule has 6 nitrogen and oxygen atoms in total. The molecule has 3 N–H and O–H groups in total. The molecule has 0 aromatic heterocycles. The Morgan fingerprint density at radius 2 is 1.90 bits per heavy atom. The van der Waals surface area contributed by atoms with Gasteiger partial charge in [0.15, 0.2) is 11.5 Å². The molecule has 1 aromatic carbocycles. The average molecular weight is 312 g/mol. The van der Waals surface area contributed by atoms with Crippen molar-refractivity contribution in [1.82, 2.24) is 5.32 Å². The highest BCUT2D eigenvalue weighted by molar-refractivity contribution is 7.89. The van der Waals surface area contributed by atoms with Crippen molar-refractivity contribution in [3.63, 3.8) is 0 Å². The summed E-state index contributed by atoms with van der Waals surface area (Å²) >= 11 is 0. The molecule has 2 aliphatic heterocycles. The molecule has 2 atom stereocenters. The smallest absolute Gasteiger partial charge is 0.213 e. The van der Waals surface area contributed by atoms with E-state index in [9.17, 15) is 8.42 Å². The molecule has 0 aliphatic carbocycles. The normalized spacial score (nSPS) is 26.1. The summed E-state index contributed by atoms with van der Waals surface area (Å²) in [6, 6.07) is 6.03. The lowest BCUT2D eigenvalue weighted by Crippen LogP contribution is -2.43. The molecule has 0 spiro atoms. The van der Waals surface area contributed by atoms with Gasteiger partial charge in [0.2, 0.25) is 10.0 Å². The van der Waals surface area contributed by atoms with Crippen molar-refractivity contribution in [3.8, 4) is 11.5 Å². The third-order valence-corrected chi connectivity index (χ3v) is 5.34. The van der Waals surface area contributed by atoms with Gasteiger partial charge in [-0.05, 0) is 30.5 Å². The van der Waals surface area contributed by atoms with Crippen LogP contribution in [-0.4, -0.2) is 33.4 Å². The van der Waals surface area contributed by atoms with Gasteiger partial charge in [-0.1, -0.05) is 6.07 Å². The SMILES string of the molecule is NS(=O)(=O)C1CCC(c2ccc3c(c2)OCCCO3)NC1. The van der Waals surface area contributed by atoms with Gasteiger partial charge in [0.05, 0.1) is 18.5 Å². The topological polar surface area (TPSA) is 90.7 Å². The van der Waals surface area contributed by atoms with Crippen molar-refractivity contribution >= 4 is 10.0 Å². The fourth-order valence-electron chi connectivity index (χ4n) is 2.79. The van der Waals surface area contributed by atoms with Crippen molar-refractivity contribution in [2.24, 2.45) is 5.14 Å². The Morgan fingerprint density at radius 1 is 1.14 bits per heavy atom. The van der Waals surface area contributed by atoms with Crippen molar-refractivity contribution in [2.75, 3.05) is 19.8 Å². The van der Waals surface area contributed by atoms with E-state index in [0.29, 0.717) is 26.2 Å². The second-order valence-corrected chi connectivity index (χ2v) is 7.35. The second-order valence-electron chi connectivity index (χ2n) is 5.51. The number of benzene rings is 1. The summed E-state index contributed by atoms with van der Waals surface area (Å²) in [6.07, 6.45) is 2.19. The number of fused-ring (bicyclic) bond motifs is 1. The van der Waals surface area contributed by atoms with E-state index in [4.69, 9.17) is 14.6 Å². The number of hydrogen-bond donors (Lipinski definition) is 2. The molecule has 2 aliphatic rings. The van der Waals surface area contributed by atoms with Gasteiger partial charge in [-0.15, -0.1) is 0 Å². The van der Waals surface area contributed by atoms with E-state index in [0.717, 1.165) is 29.9 Å². The molecular formula is C14H20N2O4S. The monoisotopic (exact) mass is 312 g/mol. The number of rotatable bonds is 2. The van der Waals surface area contributed by atoms with E-state index in [1.807, 2.05) is 18.2 Å². The molecule has 7 heteroatoms. The molecule has 0 bridgehead atoms.